The van der Waals surface area contributed by atoms with Crippen molar-refractivity contribution in [3.63, 3.8) is 0 Å². The van der Waals surface area contributed by atoms with Gasteiger partial charge in [0.2, 0.25) is 0 Å². The number of β-amino-alcohol motifs (C(OH)–C–C–N with tert-alkyl or cyclic N) is 1. The second kappa shape index (κ2) is 6.26. The van der Waals surface area contributed by atoms with Crippen molar-refractivity contribution in [2.45, 2.75) is 24.9 Å². The van der Waals surface area contributed by atoms with Gasteiger partial charge in [0.1, 0.15) is 5.75 Å². The lowest BCUT2D eigenvalue weighted by Gasteiger charge is -2.28. The van der Waals surface area contributed by atoms with Crippen LogP contribution in [0.3, 0.4) is 0 Å². The summed E-state index contributed by atoms with van der Waals surface area (Å²) in [6, 6.07) is 7.25. The lowest BCUT2D eigenvalue weighted by Crippen LogP contribution is -2.45. The molecule has 1 N–H and O–H groups in total. The lowest BCUT2D eigenvalue weighted by atomic mass is 10.0. The largest absolute Gasteiger partial charge is 0.496 e. The van der Waals surface area contributed by atoms with Crippen LogP contribution >= 0.6 is 0 Å². The number of nitrogens with zero attached hydrogens (tertiary/aromatic N) is 2. The maximum Gasteiger partial charge on any atom is 0.257 e. The predicted octanol–water partition coefficient (Wildman–Crippen LogP) is 1.37. The Morgan fingerprint density at radius 1 is 1.27 bits per heavy atom. The molecule has 2 aliphatic rings. The van der Waals surface area contributed by atoms with Crippen LogP contribution < -0.4 is 4.74 Å². The molecule has 120 valence electrons. The van der Waals surface area contributed by atoms with Crippen molar-refractivity contribution in [1.82, 2.24) is 9.80 Å². The number of amides is 1. The third-order valence-electron chi connectivity index (χ3n) is 4.67. The summed E-state index contributed by atoms with van der Waals surface area (Å²) in [7, 11) is 1.57. The number of benzene rings is 1. The summed E-state index contributed by atoms with van der Waals surface area (Å²) in [5, 5.41) is 10.8. The molecule has 0 aliphatic carbocycles. The molecule has 1 amide bonds. The molecule has 0 radical (unpaired) electrons. The molecular formula is C17H24N2O3. The molecule has 3 rings (SSSR count). The maximum atomic E-state index is 12.7. The van der Waals surface area contributed by atoms with Crippen molar-refractivity contribution in [3.05, 3.63) is 29.8 Å². The average molecular weight is 304 g/mol. The van der Waals surface area contributed by atoms with Crippen molar-refractivity contribution < 1.29 is 14.6 Å². The Hall–Kier alpha value is -1.59. The summed E-state index contributed by atoms with van der Waals surface area (Å²) in [6.45, 7) is 3.79. The third kappa shape index (κ3) is 3.10. The summed E-state index contributed by atoms with van der Waals surface area (Å²) >= 11 is 0. The fourth-order valence-corrected chi connectivity index (χ4v) is 3.51. The number of methoxy groups -OCH3 is 1. The zero-order valence-corrected chi connectivity index (χ0v) is 13.1. The Labute approximate surface area is 131 Å². The number of carbonyl (C=O) groups excluding carboxylic acids is 1. The number of likely N-dealkylation sites (tertiary alicyclic amines) is 2. The molecule has 1 aromatic carbocycles. The van der Waals surface area contributed by atoms with Crippen LogP contribution in [0.2, 0.25) is 0 Å². The standard InChI is InChI=1S/C17H24N2O3/c1-22-15-7-3-2-6-14(15)16(20)19-11-8-17(21,13-19)12-18-9-4-5-10-18/h2-3,6-7,21H,4-5,8-13H2,1H3. The Bertz CT molecular complexity index is 542. The highest BCUT2D eigenvalue weighted by Crippen LogP contribution is 2.27. The van der Waals surface area contributed by atoms with Crippen LogP contribution in [0.15, 0.2) is 24.3 Å². The van der Waals surface area contributed by atoms with Gasteiger partial charge in [-0.15, -0.1) is 0 Å². The molecule has 1 aromatic rings. The van der Waals surface area contributed by atoms with Crippen LogP contribution in [0.1, 0.15) is 29.6 Å². The fraction of sp³-hybridized carbons (Fsp3) is 0.588. The first kappa shape index (κ1) is 15.3. The Morgan fingerprint density at radius 2 is 2.00 bits per heavy atom. The van der Waals surface area contributed by atoms with Crippen LogP contribution in [-0.2, 0) is 0 Å². The minimum absolute atomic E-state index is 0.0604. The second-order valence-electron chi connectivity index (χ2n) is 6.38. The number of hydrogen-bond acceptors (Lipinski definition) is 4. The van der Waals surface area contributed by atoms with Gasteiger partial charge in [0.15, 0.2) is 0 Å². The minimum Gasteiger partial charge on any atom is -0.496 e. The van der Waals surface area contributed by atoms with Gasteiger partial charge in [0.25, 0.3) is 5.91 Å². The third-order valence-corrected chi connectivity index (χ3v) is 4.67. The molecule has 0 saturated carbocycles. The average Bonchev–Trinajstić information content (AvgIpc) is 3.16. The van der Waals surface area contributed by atoms with E-state index in [9.17, 15) is 9.90 Å². The normalized spacial score (nSPS) is 25.6. The van der Waals surface area contributed by atoms with Crippen LogP contribution in [0, 0.1) is 0 Å². The molecule has 22 heavy (non-hydrogen) atoms. The van der Waals surface area contributed by atoms with Gasteiger partial charge in [-0.3, -0.25) is 4.79 Å². The van der Waals surface area contributed by atoms with E-state index in [4.69, 9.17) is 4.74 Å². The number of rotatable bonds is 4. The summed E-state index contributed by atoms with van der Waals surface area (Å²) in [5.41, 5.74) is -0.211. The Morgan fingerprint density at radius 3 is 2.73 bits per heavy atom. The Balaban J connectivity index is 1.67. The van der Waals surface area contributed by atoms with Gasteiger partial charge in [0, 0.05) is 13.1 Å². The monoisotopic (exact) mass is 304 g/mol. The quantitative estimate of drug-likeness (QED) is 0.913. The number of ether oxygens (including phenoxy) is 1. The minimum atomic E-state index is -0.776. The number of aliphatic hydroxyl groups is 1. The molecule has 2 aliphatic heterocycles. The molecule has 1 unspecified atom stereocenters. The van der Waals surface area contributed by atoms with Crippen molar-refractivity contribution in [2.24, 2.45) is 0 Å². The molecule has 2 saturated heterocycles. The van der Waals surface area contributed by atoms with Gasteiger partial charge in [-0.1, -0.05) is 12.1 Å². The first-order valence-corrected chi connectivity index (χ1v) is 7.98. The van der Waals surface area contributed by atoms with Crippen LogP contribution in [-0.4, -0.2) is 66.2 Å². The van der Waals surface area contributed by atoms with Crippen LogP contribution in [0.5, 0.6) is 5.75 Å². The highest BCUT2D eigenvalue weighted by atomic mass is 16.5. The number of carbonyl (C=O) groups is 1. The van der Waals surface area contributed by atoms with E-state index in [0.717, 1.165) is 13.1 Å². The van der Waals surface area contributed by atoms with E-state index in [2.05, 4.69) is 4.90 Å². The molecular weight excluding hydrogens is 280 g/mol. The first-order chi connectivity index (χ1) is 10.6. The van der Waals surface area contributed by atoms with Crippen molar-refractivity contribution in [1.29, 1.82) is 0 Å². The van der Waals surface area contributed by atoms with E-state index in [0.29, 0.717) is 37.4 Å². The zero-order valence-electron chi connectivity index (χ0n) is 13.1. The topological polar surface area (TPSA) is 53.0 Å². The summed E-state index contributed by atoms with van der Waals surface area (Å²) < 4.78 is 5.27. The second-order valence-corrected chi connectivity index (χ2v) is 6.38. The fourth-order valence-electron chi connectivity index (χ4n) is 3.51. The molecule has 0 aromatic heterocycles. The maximum absolute atomic E-state index is 12.7. The van der Waals surface area contributed by atoms with E-state index in [1.165, 1.54) is 12.8 Å². The molecule has 1 atom stereocenters. The summed E-state index contributed by atoms with van der Waals surface area (Å²) in [4.78, 5) is 16.7. The van der Waals surface area contributed by atoms with Crippen molar-refractivity contribution in [2.75, 3.05) is 39.8 Å². The van der Waals surface area contributed by atoms with Gasteiger partial charge in [0.05, 0.1) is 24.8 Å². The van der Waals surface area contributed by atoms with E-state index in [-0.39, 0.29) is 5.91 Å². The van der Waals surface area contributed by atoms with Gasteiger partial charge in [-0.25, -0.2) is 0 Å². The Kier molecular flexibility index (Phi) is 4.36. The van der Waals surface area contributed by atoms with Crippen molar-refractivity contribution in [3.8, 4) is 5.75 Å². The molecule has 2 fully saturated rings. The van der Waals surface area contributed by atoms with Gasteiger partial charge < -0.3 is 19.6 Å². The van der Waals surface area contributed by atoms with Crippen LogP contribution in [0.25, 0.3) is 0 Å². The number of para-hydroxylation sites is 1. The van der Waals surface area contributed by atoms with Gasteiger partial charge in [-0.2, -0.15) is 0 Å². The molecule has 5 heteroatoms. The molecule has 0 spiro atoms. The summed E-state index contributed by atoms with van der Waals surface area (Å²) in [6.07, 6.45) is 3.06. The van der Waals surface area contributed by atoms with Crippen LogP contribution in [0.4, 0.5) is 0 Å². The number of hydrogen-bond donors (Lipinski definition) is 1. The SMILES string of the molecule is COc1ccccc1C(=O)N1CCC(O)(CN2CCCC2)C1. The highest BCUT2D eigenvalue weighted by Gasteiger charge is 2.40. The molecule has 0 bridgehead atoms. The van der Waals surface area contributed by atoms with E-state index < -0.39 is 5.60 Å². The zero-order chi connectivity index (χ0) is 15.6. The predicted molar refractivity (Wildman–Crippen MR) is 84.1 cm³/mol. The van der Waals surface area contributed by atoms with E-state index in [1.807, 2.05) is 12.1 Å². The lowest BCUT2D eigenvalue weighted by molar-refractivity contribution is 0.0175. The molecule has 5 nitrogen and oxygen atoms in total. The smallest absolute Gasteiger partial charge is 0.257 e. The van der Waals surface area contributed by atoms with E-state index in [1.54, 1.807) is 24.1 Å². The van der Waals surface area contributed by atoms with Gasteiger partial charge in [-0.05, 0) is 44.5 Å². The highest BCUT2D eigenvalue weighted by molar-refractivity contribution is 5.97. The van der Waals surface area contributed by atoms with Crippen molar-refractivity contribution >= 4 is 5.91 Å². The first-order valence-electron chi connectivity index (χ1n) is 7.98. The molecule has 2 heterocycles. The summed E-state index contributed by atoms with van der Waals surface area (Å²) in [5.74, 6) is 0.525. The van der Waals surface area contributed by atoms with Gasteiger partial charge >= 0.3 is 0 Å². The van der Waals surface area contributed by atoms with E-state index >= 15 is 0 Å².